The Kier molecular flexibility index (Phi) is 5.44. The molecule has 0 saturated heterocycles. The summed E-state index contributed by atoms with van der Waals surface area (Å²) < 4.78 is 1.50. The van der Waals surface area contributed by atoms with Gasteiger partial charge in [0, 0.05) is 17.3 Å². The summed E-state index contributed by atoms with van der Waals surface area (Å²) in [5.74, 6) is 0.500. The van der Waals surface area contributed by atoms with E-state index in [0.29, 0.717) is 16.6 Å². The van der Waals surface area contributed by atoms with Gasteiger partial charge >= 0.3 is 0 Å². The summed E-state index contributed by atoms with van der Waals surface area (Å²) in [4.78, 5) is 33.2. The third-order valence-corrected chi connectivity index (χ3v) is 5.27. The highest BCUT2D eigenvalue weighted by Gasteiger charge is 2.13. The maximum absolute atomic E-state index is 12.4. The first kappa shape index (κ1) is 18.9. The average Bonchev–Trinajstić information content (AvgIpc) is 3.13. The van der Waals surface area contributed by atoms with Crippen molar-refractivity contribution < 1.29 is 4.79 Å². The van der Waals surface area contributed by atoms with Crippen molar-refractivity contribution in [2.75, 3.05) is 11.1 Å². The maximum atomic E-state index is 12.4. The number of anilines is 1. The zero-order valence-corrected chi connectivity index (χ0v) is 16.6. The highest BCUT2D eigenvalue weighted by atomic mass is 32.2. The van der Waals surface area contributed by atoms with Gasteiger partial charge in [0.25, 0.3) is 5.56 Å². The van der Waals surface area contributed by atoms with Crippen LogP contribution in [0.4, 0.5) is 5.69 Å². The number of carbonyl (C=O) groups is 1. The van der Waals surface area contributed by atoms with Crippen molar-refractivity contribution in [3.63, 3.8) is 0 Å². The number of hydrogen-bond donors (Lipinski definition) is 2. The Labute approximate surface area is 171 Å². The van der Waals surface area contributed by atoms with Crippen LogP contribution in [-0.4, -0.2) is 31.2 Å². The van der Waals surface area contributed by atoms with Gasteiger partial charge in [0.2, 0.25) is 5.91 Å². The molecule has 2 heterocycles. The summed E-state index contributed by atoms with van der Waals surface area (Å²) in [5, 5.41) is 6.05. The smallest absolute Gasteiger partial charge is 0.266 e. The molecule has 0 atom stereocenters. The Morgan fingerprint density at radius 1 is 1.10 bits per heavy atom. The number of aromatic amines is 1. The zero-order valence-electron chi connectivity index (χ0n) is 15.8. The summed E-state index contributed by atoms with van der Waals surface area (Å²) in [6, 6.07) is 18.7. The standard InChI is InChI=1S/C21H19N5O2S/c1-2-14-8-10-16(11-9-14)22-19(28)13-29-21-24-20(15-6-4-3-5-7-15)23-17-12-18(27)25-26(17)21/h3-12H,2,13H2,1H3,(H,22,28)(H,25,27). The van der Waals surface area contributed by atoms with Crippen LogP contribution in [-0.2, 0) is 11.2 Å². The number of H-pyrrole nitrogens is 1. The minimum Gasteiger partial charge on any atom is -0.325 e. The van der Waals surface area contributed by atoms with E-state index in [1.165, 1.54) is 27.9 Å². The number of nitrogens with one attached hydrogen (secondary N) is 2. The van der Waals surface area contributed by atoms with Crippen LogP contribution >= 0.6 is 11.8 Å². The van der Waals surface area contributed by atoms with Gasteiger partial charge in [0.1, 0.15) is 0 Å². The molecule has 29 heavy (non-hydrogen) atoms. The molecule has 1 amide bonds. The van der Waals surface area contributed by atoms with E-state index in [2.05, 4.69) is 27.3 Å². The minimum absolute atomic E-state index is 0.149. The van der Waals surface area contributed by atoms with Crippen LogP contribution in [0.5, 0.6) is 0 Å². The van der Waals surface area contributed by atoms with Gasteiger partial charge in [-0.1, -0.05) is 61.2 Å². The van der Waals surface area contributed by atoms with Crippen LogP contribution in [0.3, 0.4) is 0 Å². The number of nitrogens with zero attached hydrogens (tertiary/aromatic N) is 3. The number of carbonyl (C=O) groups excluding carboxylic acids is 1. The fraction of sp³-hybridized carbons (Fsp3) is 0.143. The molecule has 0 radical (unpaired) electrons. The molecular weight excluding hydrogens is 386 g/mol. The second-order valence-electron chi connectivity index (χ2n) is 6.40. The van der Waals surface area contributed by atoms with Crippen LogP contribution in [0.15, 0.2) is 70.6 Å². The number of benzene rings is 2. The van der Waals surface area contributed by atoms with Gasteiger partial charge in [0.05, 0.1) is 5.75 Å². The third kappa shape index (κ3) is 4.38. The fourth-order valence-electron chi connectivity index (χ4n) is 2.85. The molecule has 2 N–H and O–H groups in total. The van der Waals surface area contributed by atoms with Crippen molar-refractivity contribution in [1.82, 2.24) is 19.6 Å². The first-order chi connectivity index (χ1) is 14.1. The van der Waals surface area contributed by atoms with Crippen molar-refractivity contribution in [2.45, 2.75) is 18.5 Å². The summed E-state index contributed by atoms with van der Waals surface area (Å²) in [6.45, 7) is 2.09. The Morgan fingerprint density at radius 2 is 1.86 bits per heavy atom. The highest BCUT2D eigenvalue weighted by Crippen LogP contribution is 2.21. The fourth-order valence-corrected chi connectivity index (χ4v) is 3.60. The SMILES string of the molecule is CCc1ccc(NC(=O)CSc2nc(-c3ccccc3)nc3cc(=O)[nH]n23)cc1. The van der Waals surface area contributed by atoms with Crippen molar-refractivity contribution in [3.05, 3.63) is 76.6 Å². The van der Waals surface area contributed by atoms with Gasteiger partial charge in [-0.05, 0) is 24.1 Å². The van der Waals surface area contributed by atoms with E-state index >= 15 is 0 Å². The first-order valence-electron chi connectivity index (χ1n) is 9.19. The van der Waals surface area contributed by atoms with E-state index < -0.39 is 0 Å². The molecule has 2 aromatic carbocycles. The van der Waals surface area contributed by atoms with E-state index in [9.17, 15) is 9.59 Å². The number of rotatable bonds is 6. The third-order valence-electron chi connectivity index (χ3n) is 4.33. The molecule has 0 aliphatic rings. The molecule has 4 aromatic rings. The number of amides is 1. The van der Waals surface area contributed by atoms with E-state index in [4.69, 9.17) is 0 Å². The van der Waals surface area contributed by atoms with Crippen molar-refractivity contribution in [2.24, 2.45) is 0 Å². The second-order valence-corrected chi connectivity index (χ2v) is 7.34. The van der Waals surface area contributed by atoms with Gasteiger partial charge in [-0.25, -0.2) is 14.5 Å². The predicted molar refractivity (Wildman–Crippen MR) is 114 cm³/mol. The normalized spacial score (nSPS) is 10.9. The van der Waals surface area contributed by atoms with Gasteiger partial charge in [-0.3, -0.25) is 14.7 Å². The molecule has 0 aliphatic heterocycles. The first-order valence-corrected chi connectivity index (χ1v) is 10.2. The number of thioether (sulfide) groups is 1. The number of aromatic nitrogens is 4. The Balaban J connectivity index is 1.55. The molecule has 0 bridgehead atoms. The molecule has 0 aliphatic carbocycles. The van der Waals surface area contributed by atoms with Gasteiger partial charge in [-0.2, -0.15) is 0 Å². The summed E-state index contributed by atoms with van der Waals surface area (Å²) in [7, 11) is 0. The minimum atomic E-state index is -0.271. The molecule has 4 rings (SSSR count). The topological polar surface area (TPSA) is 92.2 Å². The van der Waals surface area contributed by atoms with E-state index in [1.54, 1.807) is 0 Å². The van der Waals surface area contributed by atoms with Crippen LogP contribution < -0.4 is 10.9 Å². The van der Waals surface area contributed by atoms with Gasteiger partial charge in [0.15, 0.2) is 16.6 Å². The lowest BCUT2D eigenvalue weighted by atomic mass is 10.1. The maximum Gasteiger partial charge on any atom is 0.266 e. The van der Waals surface area contributed by atoms with E-state index in [0.717, 1.165) is 17.7 Å². The molecule has 7 nitrogen and oxygen atoms in total. The number of aryl methyl sites for hydroxylation is 1. The quantitative estimate of drug-likeness (QED) is 0.480. The lowest BCUT2D eigenvalue weighted by molar-refractivity contribution is -0.113. The van der Waals surface area contributed by atoms with Crippen LogP contribution in [0, 0.1) is 0 Å². The van der Waals surface area contributed by atoms with E-state index in [1.807, 2.05) is 54.6 Å². The second kappa shape index (κ2) is 8.32. The highest BCUT2D eigenvalue weighted by molar-refractivity contribution is 7.99. The molecule has 2 aromatic heterocycles. The molecule has 0 spiro atoms. The number of fused-ring (bicyclic) bond motifs is 1. The van der Waals surface area contributed by atoms with Crippen molar-refractivity contribution >= 4 is 29.0 Å². The monoisotopic (exact) mass is 405 g/mol. The lowest BCUT2D eigenvalue weighted by Crippen LogP contribution is -2.15. The van der Waals surface area contributed by atoms with Crippen LogP contribution in [0.1, 0.15) is 12.5 Å². The zero-order chi connectivity index (χ0) is 20.2. The molecule has 0 fully saturated rings. The summed E-state index contributed by atoms with van der Waals surface area (Å²) in [6.07, 6.45) is 0.951. The number of hydrogen-bond acceptors (Lipinski definition) is 5. The molecule has 8 heteroatoms. The Hall–Kier alpha value is -3.39. The van der Waals surface area contributed by atoms with Crippen molar-refractivity contribution in [1.29, 1.82) is 0 Å². The van der Waals surface area contributed by atoms with Crippen LogP contribution in [0.25, 0.3) is 17.0 Å². The Bertz CT molecular complexity index is 1200. The Morgan fingerprint density at radius 3 is 2.59 bits per heavy atom. The summed E-state index contributed by atoms with van der Waals surface area (Å²) >= 11 is 1.24. The van der Waals surface area contributed by atoms with Gasteiger partial charge in [-0.15, -0.1) is 0 Å². The molecule has 0 saturated carbocycles. The largest absolute Gasteiger partial charge is 0.325 e. The van der Waals surface area contributed by atoms with E-state index in [-0.39, 0.29) is 17.2 Å². The predicted octanol–water partition coefficient (Wildman–Crippen LogP) is 3.38. The molecule has 0 unspecified atom stereocenters. The van der Waals surface area contributed by atoms with Crippen LogP contribution in [0.2, 0.25) is 0 Å². The lowest BCUT2D eigenvalue weighted by Gasteiger charge is -2.08. The summed E-state index contributed by atoms with van der Waals surface area (Å²) in [5.41, 5.74) is 2.99. The van der Waals surface area contributed by atoms with Crippen molar-refractivity contribution in [3.8, 4) is 11.4 Å². The molecule has 146 valence electrons. The average molecular weight is 405 g/mol. The van der Waals surface area contributed by atoms with Gasteiger partial charge < -0.3 is 5.32 Å². The molecular formula is C21H19N5O2S.